The van der Waals surface area contributed by atoms with Gasteiger partial charge in [-0.25, -0.2) is 4.79 Å². The Labute approximate surface area is 136 Å². The first kappa shape index (κ1) is 17.2. The summed E-state index contributed by atoms with van der Waals surface area (Å²) in [5, 5.41) is 0. The summed E-state index contributed by atoms with van der Waals surface area (Å²) in [6.45, 7) is 5.62. The van der Waals surface area contributed by atoms with Crippen LogP contribution in [-0.4, -0.2) is 31.1 Å². The highest BCUT2D eigenvalue weighted by molar-refractivity contribution is 5.96. The summed E-state index contributed by atoms with van der Waals surface area (Å²) in [5.74, 6) is -0.422. The number of Topliss-reactive ketones (excluding diaryl/α,β-unsaturated/α-hetero) is 1. The van der Waals surface area contributed by atoms with Crippen LogP contribution in [0.4, 0.5) is 5.69 Å². The Morgan fingerprint density at radius 2 is 1.87 bits per heavy atom. The molecule has 5 heteroatoms. The zero-order valence-electron chi connectivity index (χ0n) is 14.0. The van der Waals surface area contributed by atoms with E-state index in [1.807, 2.05) is 13.8 Å². The minimum absolute atomic E-state index is 0.0445. The minimum atomic E-state index is -0.619. The van der Waals surface area contributed by atoms with Crippen LogP contribution >= 0.6 is 0 Å². The van der Waals surface area contributed by atoms with E-state index in [0.717, 1.165) is 0 Å². The van der Waals surface area contributed by atoms with Crippen LogP contribution in [0.3, 0.4) is 0 Å². The average Bonchev–Trinajstić information content (AvgIpc) is 2.54. The van der Waals surface area contributed by atoms with E-state index in [0.29, 0.717) is 23.2 Å². The van der Waals surface area contributed by atoms with Crippen molar-refractivity contribution in [2.24, 2.45) is 5.41 Å². The number of nitrogen functional groups attached to an aromatic ring is 1. The third-order valence-corrected chi connectivity index (χ3v) is 4.18. The van der Waals surface area contributed by atoms with Crippen molar-refractivity contribution in [3.63, 3.8) is 0 Å². The number of anilines is 1. The van der Waals surface area contributed by atoms with Crippen molar-refractivity contribution in [3.05, 3.63) is 41.5 Å². The molecule has 2 unspecified atom stereocenters. The summed E-state index contributed by atoms with van der Waals surface area (Å²) in [4.78, 5) is 24.5. The average molecular weight is 317 g/mol. The number of carbonyl (C=O) groups excluding carboxylic acids is 2. The van der Waals surface area contributed by atoms with Gasteiger partial charge in [0.1, 0.15) is 12.2 Å². The molecule has 0 aromatic heterocycles. The normalized spacial score (nSPS) is 23.8. The molecule has 1 aromatic carbocycles. The molecule has 0 fully saturated rings. The van der Waals surface area contributed by atoms with E-state index < -0.39 is 23.6 Å². The second kappa shape index (κ2) is 6.54. The molecule has 0 radical (unpaired) electrons. The number of nitrogens with two attached hydrogens (primary N) is 1. The Morgan fingerprint density at radius 3 is 2.43 bits per heavy atom. The van der Waals surface area contributed by atoms with E-state index in [9.17, 15) is 9.59 Å². The van der Waals surface area contributed by atoms with Crippen LogP contribution < -0.4 is 5.73 Å². The number of carbonyl (C=O) groups is 2. The molecule has 0 saturated heterocycles. The molecule has 1 aliphatic carbocycles. The Bertz CT molecular complexity index is 631. The molecule has 2 N–H and O–H groups in total. The Kier molecular flexibility index (Phi) is 4.90. The maximum Gasteiger partial charge on any atom is 0.338 e. The van der Waals surface area contributed by atoms with Gasteiger partial charge in [-0.1, -0.05) is 13.8 Å². The number of hydrogen-bond acceptors (Lipinski definition) is 5. The van der Waals surface area contributed by atoms with Crippen molar-refractivity contribution in [2.45, 2.75) is 39.4 Å². The molecule has 2 rings (SSSR count). The van der Waals surface area contributed by atoms with Gasteiger partial charge in [-0.15, -0.1) is 0 Å². The third-order valence-electron chi connectivity index (χ3n) is 4.18. The topological polar surface area (TPSA) is 78.6 Å². The minimum Gasteiger partial charge on any atom is -0.452 e. The first-order valence-corrected chi connectivity index (χ1v) is 7.55. The fourth-order valence-electron chi connectivity index (χ4n) is 2.89. The molecule has 0 aliphatic heterocycles. The number of rotatable bonds is 3. The van der Waals surface area contributed by atoms with E-state index in [2.05, 4.69) is 0 Å². The molecular weight excluding hydrogens is 294 g/mol. The molecule has 5 nitrogen and oxygen atoms in total. The Morgan fingerprint density at radius 1 is 1.26 bits per heavy atom. The number of hydrogen-bond donors (Lipinski definition) is 1. The lowest BCUT2D eigenvalue weighted by Gasteiger charge is -2.34. The largest absolute Gasteiger partial charge is 0.452 e. The monoisotopic (exact) mass is 317 g/mol. The molecule has 1 aromatic rings. The summed E-state index contributed by atoms with van der Waals surface area (Å²) in [5.41, 5.74) is 6.77. The van der Waals surface area contributed by atoms with Crippen molar-refractivity contribution < 1.29 is 19.1 Å². The van der Waals surface area contributed by atoms with Crippen LogP contribution in [0.1, 0.15) is 37.6 Å². The van der Waals surface area contributed by atoms with Crippen LogP contribution in [-0.2, 0) is 14.3 Å². The molecular formula is C18H23NO4. The molecule has 2 atom stereocenters. The highest BCUT2D eigenvalue weighted by Gasteiger charge is 2.41. The van der Waals surface area contributed by atoms with Crippen molar-refractivity contribution in [2.75, 3.05) is 12.8 Å². The standard InChI is InChI=1S/C18H23NO4/c1-11-9-15(16(22-4)18(2,3)10-14(11)20)23-17(21)12-5-7-13(19)8-6-12/h5-9,15-16H,10,19H2,1-4H3. The van der Waals surface area contributed by atoms with E-state index >= 15 is 0 Å². The van der Waals surface area contributed by atoms with Gasteiger partial charge in [0.25, 0.3) is 0 Å². The van der Waals surface area contributed by atoms with Gasteiger partial charge in [0.2, 0.25) is 0 Å². The van der Waals surface area contributed by atoms with Crippen molar-refractivity contribution in [3.8, 4) is 0 Å². The quantitative estimate of drug-likeness (QED) is 0.685. The van der Waals surface area contributed by atoms with Gasteiger partial charge in [-0.05, 0) is 42.8 Å². The van der Waals surface area contributed by atoms with Crippen molar-refractivity contribution >= 4 is 17.4 Å². The molecule has 1 aliphatic rings. The zero-order valence-corrected chi connectivity index (χ0v) is 14.0. The highest BCUT2D eigenvalue weighted by Crippen LogP contribution is 2.35. The maximum atomic E-state index is 12.4. The van der Waals surface area contributed by atoms with Gasteiger partial charge in [-0.2, -0.15) is 0 Å². The number of ether oxygens (including phenoxy) is 2. The number of allylic oxidation sites excluding steroid dienone is 1. The Hall–Kier alpha value is -2.14. The first-order chi connectivity index (χ1) is 10.7. The predicted molar refractivity (Wildman–Crippen MR) is 88.0 cm³/mol. The zero-order chi connectivity index (χ0) is 17.2. The molecule has 124 valence electrons. The lowest BCUT2D eigenvalue weighted by atomic mass is 9.80. The molecule has 0 amide bonds. The van der Waals surface area contributed by atoms with E-state index in [1.165, 1.54) is 0 Å². The molecule has 0 saturated carbocycles. The van der Waals surface area contributed by atoms with Gasteiger partial charge < -0.3 is 15.2 Å². The van der Waals surface area contributed by atoms with Crippen LogP contribution in [0.5, 0.6) is 0 Å². The van der Waals surface area contributed by atoms with Crippen LogP contribution in [0.25, 0.3) is 0 Å². The molecule has 0 heterocycles. The van der Waals surface area contributed by atoms with E-state index in [1.54, 1.807) is 44.4 Å². The van der Waals surface area contributed by atoms with Crippen molar-refractivity contribution in [1.29, 1.82) is 0 Å². The fraction of sp³-hybridized carbons (Fsp3) is 0.444. The van der Waals surface area contributed by atoms with Gasteiger partial charge >= 0.3 is 5.97 Å². The summed E-state index contributed by atoms with van der Waals surface area (Å²) >= 11 is 0. The Balaban J connectivity index is 2.28. The second-order valence-corrected chi connectivity index (χ2v) is 6.59. The molecule has 0 bridgehead atoms. The summed E-state index contributed by atoms with van der Waals surface area (Å²) in [7, 11) is 1.56. The van der Waals surface area contributed by atoms with Crippen LogP contribution in [0.2, 0.25) is 0 Å². The van der Waals surface area contributed by atoms with Gasteiger partial charge in [-0.3, -0.25) is 4.79 Å². The lowest BCUT2D eigenvalue weighted by Crippen LogP contribution is -2.42. The van der Waals surface area contributed by atoms with E-state index in [4.69, 9.17) is 15.2 Å². The summed E-state index contributed by atoms with van der Waals surface area (Å²) in [6.07, 6.45) is 1.01. The third kappa shape index (κ3) is 3.79. The highest BCUT2D eigenvalue weighted by atomic mass is 16.6. The lowest BCUT2D eigenvalue weighted by molar-refractivity contribution is -0.120. The predicted octanol–water partition coefficient (Wildman–Crippen LogP) is 2.75. The summed E-state index contributed by atoms with van der Waals surface area (Å²) < 4.78 is 11.2. The number of methoxy groups -OCH3 is 1. The van der Waals surface area contributed by atoms with Gasteiger partial charge in [0.05, 0.1) is 5.56 Å². The number of benzene rings is 1. The molecule has 0 spiro atoms. The SMILES string of the molecule is COC1C(OC(=O)c2ccc(N)cc2)C=C(C)C(=O)CC1(C)C. The van der Waals surface area contributed by atoms with Crippen LogP contribution in [0, 0.1) is 5.41 Å². The number of esters is 1. The first-order valence-electron chi connectivity index (χ1n) is 7.55. The number of ketones is 1. The maximum absolute atomic E-state index is 12.4. The van der Waals surface area contributed by atoms with Gasteiger partial charge in [0.15, 0.2) is 5.78 Å². The summed E-state index contributed by atoms with van der Waals surface area (Å²) in [6, 6.07) is 6.52. The van der Waals surface area contributed by atoms with Crippen LogP contribution in [0.15, 0.2) is 35.9 Å². The smallest absolute Gasteiger partial charge is 0.338 e. The molecule has 23 heavy (non-hydrogen) atoms. The second-order valence-electron chi connectivity index (χ2n) is 6.59. The van der Waals surface area contributed by atoms with Gasteiger partial charge in [0, 0.05) is 24.6 Å². The van der Waals surface area contributed by atoms with Crippen molar-refractivity contribution in [1.82, 2.24) is 0 Å². The van der Waals surface area contributed by atoms with E-state index in [-0.39, 0.29) is 5.78 Å². The fourth-order valence-corrected chi connectivity index (χ4v) is 2.89.